The fourth-order valence-corrected chi connectivity index (χ4v) is 2.69. The lowest BCUT2D eigenvalue weighted by Gasteiger charge is -2.22. The van der Waals surface area contributed by atoms with Crippen LogP contribution in [0.5, 0.6) is 5.75 Å². The molecule has 1 unspecified atom stereocenters. The third-order valence-electron chi connectivity index (χ3n) is 3.72. The predicted molar refractivity (Wildman–Crippen MR) is 89.0 cm³/mol. The quantitative estimate of drug-likeness (QED) is 0.848. The molecule has 112 valence electrons. The Kier molecular flexibility index (Phi) is 5.40. The zero-order chi connectivity index (χ0) is 15.2. The van der Waals surface area contributed by atoms with Crippen molar-refractivity contribution in [3.05, 3.63) is 64.7 Å². The lowest BCUT2D eigenvalue weighted by Crippen LogP contribution is -2.19. The van der Waals surface area contributed by atoms with Crippen LogP contribution >= 0.6 is 0 Å². The van der Waals surface area contributed by atoms with Crippen molar-refractivity contribution in [2.24, 2.45) is 0 Å². The third kappa shape index (κ3) is 3.64. The molecule has 0 radical (unpaired) electrons. The van der Waals surface area contributed by atoms with Crippen molar-refractivity contribution in [2.75, 3.05) is 13.7 Å². The van der Waals surface area contributed by atoms with E-state index in [1.54, 1.807) is 0 Å². The minimum Gasteiger partial charge on any atom is -0.493 e. The molecule has 2 nitrogen and oxygen atoms in total. The van der Waals surface area contributed by atoms with Crippen molar-refractivity contribution in [3.63, 3.8) is 0 Å². The van der Waals surface area contributed by atoms with Gasteiger partial charge >= 0.3 is 0 Å². The van der Waals surface area contributed by atoms with Crippen LogP contribution in [0, 0.1) is 13.8 Å². The van der Waals surface area contributed by atoms with Gasteiger partial charge in [-0.3, -0.25) is 0 Å². The first-order valence-corrected chi connectivity index (χ1v) is 7.63. The van der Waals surface area contributed by atoms with E-state index in [4.69, 9.17) is 4.74 Å². The molecule has 1 N–H and O–H groups in total. The highest BCUT2D eigenvalue weighted by Gasteiger charge is 2.18. The predicted octanol–water partition coefficient (Wildman–Crippen LogP) is 4.40. The summed E-state index contributed by atoms with van der Waals surface area (Å²) in [6, 6.07) is 15.1. The Labute approximate surface area is 128 Å². The Balaban J connectivity index is 2.41. The number of hydrogen-bond donors (Lipinski definition) is 1. The van der Waals surface area contributed by atoms with Gasteiger partial charge in [0.2, 0.25) is 0 Å². The fourth-order valence-electron chi connectivity index (χ4n) is 2.69. The van der Waals surface area contributed by atoms with Gasteiger partial charge in [0.15, 0.2) is 0 Å². The number of nitrogens with one attached hydrogen (secondary N) is 1. The van der Waals surface area contributed by atoms with E-state index in [9.17, 15) is 0 Å². The molecule has 0 aromatic heterocycles. The molecule has 0 aliphatic rings. The van der Waals surface area contributed by atoms with Gasteiger partial charge in [-0.25, -0.2) is 0 Å². The van der Waals surface area contributed by atoms with Crippen LogP contribution in [0.4, 0.5) is 0 Å². The van der Waals surface area contributed by atoms with Gasteiger partial charge < -0.3 is 10.1 Å². The maximum atomic E-state index is 5.91. The van der Waals surface area contributed by atoms with E-state index in [0.29, 0.717) is 0 Å². The molecule has 0 spiro atoms. The number of aryl methyl sites for hydroxylation is 2. The highest BCUT2D eigenvalue weighted by atomic mass is 16.5. The highest BCUT2D eigenvalue weighted by Crippen LogP contribution is 2.31. The normalized spacial score (nSPS) is 12.2. The van der Waals surface area contributed by atoms with Crippen LogP contribution in [-0.4, -0.2) is 13.7 Å². The van der Waals surface area contributed by atoms with E-state index in [1.807, 2.05) is 13.1 Å². The largest absolute Gasteiger partial charge is 0.493 e. The first-order valence-electron chi connectivity index (χ1n) is 7.63. The smallest absolute Gasteiger partial charge is 0.124 e. The van der Waals surface area contributed by atoms with Crippen LogP contribution in [0.25, 0.3) is 0 Å². The molecule has 0 saturated carbocycles. The van der Waals surface area contributed by atoms with Crippen LogP contribution in [0.1, 0.15) is 41.6 Å². The number of ether oxygens (including phenoxy) is 1. The van der Waals surface area contributed by atoms with Gasteiger partial charge in [-0.15, -0.1) is 0 Å². The van der Waals surface area contributed by atoms with Crippen LogP contribution in [0.2, 0.25) is 0 Å². The Bertz CT molecular complexity index is 592. The van der Waals surface area contributed by atoms with Crippen molar-refractivity contribution >= 4 is 0 Å². The number of rotatable bonds is 6. The standard InChI is InChI=1S/C19H25NO/c1-5-12-21-18-9-7-6-8-17(18)19(20-4)16-11-10-14(2)13-15(16)3/h6-11,13,19-20H,5,12H2,1-4H3. The summed E-state index contributed by atoms with van der Waals surface area (Å²) in [4.78, 5) is 0. The van der Waals surface area contributed by atoms with E-state index in [1.165, 1.54) is 22.3 Å². The van der Waals surface area contributed by atoms with Gasteiger partial charge in [-0.05, 0) is 44.5 Å². The van der Waals surface area contributed by atoms with Gasteiger partial charge in [-0.1, -0.05) is 48.9 Å². The maximum Gasteiger partial charge on any atom is 0.124 e. The van der Waals surface area contributed by atoms with Gasteiger partial charge in [0.05, 0.1) is 12.6 Å². The van der Waals surface area contributed by atoms with Crippen molar-refractivity contribution in [1.29, 1.82) is 0 Å². The summed E-state index contributed by atoms with van der Waals surface area (Å²) in [5.41, 5.74) is 5.09. The molecule has 0 saturated heterocycles. The minimum atomic E-state index is 0.152. The highest BCUT2D eigenvalue weighted by molar-refractivity contribution is 5.44. The molecule has 0 heterocycles. The molecular weight excluding hydrogens is 258 g/mol. The molecule has 21 heavy (non-hydrogen) atoms. The topological polar surface area (TPSA) is 21.3 Å². The van der Waals surface area contributed by atoms with E-state index in [0.717, 1.165) is 18.8 Å². The van der Waals surface area contributed by atoms with Gasteiger partial charge in [0.1, 0.15) is 5.75 Å². The monoisotopic (exact) mass is 283 g/mol. The lowest BCUT2D eigenvalue weighted by atomic mass is 9.93. The molecule has 2 aromatic carbocycles. The summed E-state index contributed by atoms with van der Waals surface area (Å²) in [6.07, 6.45) is 1.02. The second kappa shape index (κ2) is 7.28. The molecule has 2 rings (SSSR count). The van der Waals surface area contributed by atoms with Crippen molar-refractivity contribution in [2.45, 2.75) is 33.2 Å². The molecule has 0 fully saturated rings. The van der Waals surface area contributed by atoms with E-state index in [-0.39, 0.29) is 6.04 Å². The molecule has 0 amide bonds. The maximum absolute atomic E-state index is 5.91. The Morgan fingerprint density at radius 3 is 2.48 bits per heavy atom. The van der Waals surface area contributed by atoms with E-state index in [2.05, 4.69) is 62.5 Å². The number of para-hydroxylation sites is 1. The van der Waals surface area contributed by atoms with E-state index >= 15 is 0 Å². The molecule has 0 bridgehead atoms. The summed E-state index contributed by atoms with van der Waals surface area (Å²) in [5.74, 6) is 0.971. The molecule has 2 aromatic rings. The first kappa shape index (κ1) is 15.6. The van der Waals surface area contributed by atoms with E-state index < -0.39 is 0 Å². The summed E-state index contributed by atoms with van der Waals surface area (Å²) < 4.78 is 5.91. The van der Waals surface area contributed by atoms with Crippen molar-refractivity contribution in [3.8, 4) is 5.75 Å². The van der Waals surface area contributed by atoms with Crippen molar-refractivity contribution in [1.82, 2.24) is 5.32 Å². The average molecular weight is 283 g/mol. The molecule has 0 aliphatic carbocycles. The molecule has 1 atom stereocenters. The zero-order valence-electron chi connectivity index (χ0n) is 13.4. The number of hydrogen-bond acceptors (Lipinski definition) is 2. The molecular formula is C19H25NO. The summed E-state index contributed by atoms with van der Waals surface area (Å²) in [6.45, 7) is 7.17. The average Bonchev–Trinajstić information content (AvgIpc) is 2.49. The van der Waals surface area contributed by atoms with Crippen LogP contribution in [-0.2, 0) is 0 Å². The summed E-state index contributed by atoms with van der Waals surface area (Å²) in [7, 11) is 2.00. The van der Waals surface area contributed by atoms with Gasteiger partial charge in [0.25, 0.3) is 0 Å². The Morgan fingerprint density at radius 1 is 1.05 bits per heavy atom. The first-order chi connectivity index (χ1) is 10.2. The molecule has 0 aliphatic heterocycles. The third-order valence-corrected chi connectivity index (χ3v) is 3.72. The SMILES string of the molecule is CCCOc1ccccc1C(NC)c1ccc(C)cc1C. The summed E-state index contributed by atoms with van der Waals surface area (Å²) >= 11 is 0. The van der Waals surface area contributed by atoms with Crippen LogP contribution in [0.15, 0.2) is 42.5 Å². The van der Waals surface area contributed by atoms with Crippen LogP contribution < -0.4 is 10.1 Å². The van der Waals surface area contributed by atoms with Crippen molar-refractivity contribution < 1.29 is 4.74 Å². The van der Waals surface area contributed by atoms with Gasteiger partial charge in [0, 0.05) is 5.56 Å². The van der Waals surface area contributed by atoms with Gasteiger partial charge in [-0.2, -0.15) is 0 Å². The summed E-state index contributed by atoms with van der Waals surface area (Å²) in [5, 5.41) is 3.43. The molecule has 2 heteroatoms. The Hall–Kier alpha value is -1.80. The van der Waals surface area contributed by atoms with Crippen LogP contribution in [0.3, 0.4) is 0 Å². The second-order valence-electron chi connectivity index (χ2n) is 5.47. The fraction of sp³-hybridized carbons (Fsp3) is 0.368. The number of benzene rings is 2. The Morgan fingerprint density at radius 2 is 1.81 bits per heavy atom. The second-order valence-corrected chi connectivity index (χ2v) is 5.47. The lowest BCUT2D eigenvalue weighted by molar-refractivity contribution is 0.312. The minimum absolute atomic E-state index is 0.152. The zero-order valence-corrected chi connectivity index (χ0v) is 13.4.